The van der Waals surface area contributed by atoms with E-state index >= 15 is 0 Å². The summed E-state index contributed by atoms with van der Waals surface area (Å²) < 4.78 is 35.5. The molecule has 1 aromatic carbocycles. The van der Waals surface area contributed by atoms with Crippen molar-refractivity contribution in [2.75, 3.05) is 12.9 Å². The smallest absolute Gasteiger partial charge is 0.337 e. The molecule has 0 amide bonds. The number of Topliss-reactive ketones (excluding diaryl/α,β-unsaturated/α-hetero) is 1. The van der Waals surface area contributed by atoms with E-state index in [4.69, 9.17) is 9.15 Å². The number of hydrogen-bond donors (Lipinski definition) is 1. The summed E-state index contributed by atoms with van der Waals surface area (Å²) in [5.74, 6) is -1.65. The second kappa shape index (κ2) is 9.58. The van der Waals surface area contributed by atoms with Crippen molar-refractivity contribution in [3.63, 3.8) is 0 Å². The molecule has 0 atom stereocenters. The fraction of sp³-hybridized carbons (Fsp3) is 0.500. The fourth-order valence-electron chi connectivity index (χ4n) is 3.52. The lowest BCUT2D eigenvalue weighted by Gasteiger charge is -2.21. The maximum Gasteiger partial charge on any atom is 0.337 e. The van der Waals surface area contributed by atoms with Gasteiger partial charge >= 0.3 is 5.97 Å². The largest absolute Gasteiger partial charge is 0.465 e. The molecule has 176 valence electrons. The van der Waals surface area contributed by atoms with Crippen molar-refractivity contribution in [1.29, 1.82) is 0 Å². The average molecular weight is 465 g/mol. The molecule has 0 unspecified atom stereocenters. The standard InChI is InChI=1S/C24H32O7S/c1-14(2)19-8-16(23(26)30-7)9-20(15(3)4)21(19)11-18(25)13-32(28,29)22-10-17(12-31-22)24(5,6)27/h8-10,12,14-15,27H,11,13H2,1-7H3. The van der Waals surface area contributed by atoms with E-state index in [0.29, 0.717) is 11.1 Å². The summed E-state index contributed by atoms with van der Waals surface area (Å²) in [6, 6.07) is 4.66. The second-order valence-electron chi connectivity index (χ2n) is 9.12. The van der Waals surface area contributed by atoms with Crippen molar-refractivity contribution < 1.29 is 32.3 Å². The Morgan fingerprint density at radius 3 is 2.00 bits per heavy atom. The van der Waals surface area contributed by atoms with Gasteiger partial charge in [-0.1, -0.05) is 27.7 Å². The molecule has 0 saturated carbocycles. The van der Waals surface area contributed by atoms with Crippen molar-refractivity contribution in [1.82, 2.24) is 0 Å². The third-order valence-corrected chi connectivity index (χ3v) is 6.83. The summed E-state index contributed by atoms with van der Waals surface area (Å²) in [7, 11) is -2.70. The van der Waals surface area contributed by atoms with E-state index in [2.05, 4.69) is 0 Å². The first-order valence-corrected chi connectivity index (χ1v) is 12.1. The highest BCUT2D eigenvalue weighted by Crippen LogP contribution is 2.31. The highest BCUT2D eigenvalue weighted by atomic mass is 32.2. The highest BCUT2D eigenvalue weighted by molar-refractivity contribution is 7.92. The molecule has 1 N–H and O–H groups in total. The SMILES string of the molecule is COC(=O)c1cc(C(C)C)c(CC(=O)CS(=O)(=O)c2cc(C(C)(C)O)co2)c(C(C)C)c1. The number of esters is 1. The molecule has 32 heavy (non-hydrogen) atoms. The van der Waals surface area contributed by atoms with Crippen LogP contribution >= 0.6 is 0 Å². The number of furan rings is 1. The summed E-state index contributed by atoms with van der Waals surface area (Å²) in [4.78, 5) is 25.0. The Balaban J connectivity index is 2.40. The molecule has 1 heterocycles. The molecule has 2 aromatic rings. The van der Waals surface area contributed by atoms with Crippen LogP contribution in [0.25, 0.3) is 0 Å². The zero-order valence-corrected chi connectivity index (χ0v) is 20.5. The number of carbonyl (C=O) groups excluding carboxylic acids is 2. The van der Waals surface area contributed by atoms with Gasteiger partial charge in [0.25, 0.3) is 0 Å². The number of benzene rings is 1. The van der Waals surface area contributed by atoms with E-state index in [9.17, 15) is 23.1 Å². The Morgan fingerprint density at radius 2 is 1.59 bits per heavy atom. The highest BCUT2D eigenvalue weighted by Gasteiger charge is 2.28. The van der Waals surface area contributed by atoms with E-state index in [1.165, 1.54) is 33.3 Å². The molecule has 7 nitrogen and oxygen atoms in total. The number of aliphatic hydroxyl groups is 1. The van der Waals surface area contributed by atoms with Crippen molar-refractivity contribution in [3.05, 3.63) is 52.3 Å². The zero-order chi connectivity index (χ0) is 24.4. The zero-order valence-electron chi connectivity index (χ0n) is 19.7. The van der Waals surface area contributed by atoms with E-state index in [0.717, 1.165) is 16.7 Å². The minimum absolute atomic E-state index is 0.0101. The summed E-state index contributed by atoms with van der Waals surface area (Å²) in [6.45, 7) is 10.8. The molecule has 0 aliphatic rings. The van der Waals surface area contributed by atoms with Crippen LogP contribution < -0.4 is 0 Å². The molecule has 0 saturated heterocycles. The van der Waals surface area contributed by atoms with E-state index in [1.54, 1.807) is 12.1 Å². The van der Waals surface area contributed by atoms with Crippen LogP contribution in [-0.4, -0.2) is 38.1 Å². The Morgan fingerprint density at radius 1 is 1.06 bits per heavy atom. The van der Waals surface area contributed by atoms with Crippen molar-refractivity contribution in [2.45, 2.75) is 70.5 Å². The molecule has 1 aromatic heterocycles. The molecule has 0 aliphatic heterocycles. The Labute approximate surface area is 189 Å². The molecule has 2 rings (SSSR count). The van der Waals surface area contributed by atoms with Gasteiger partial charge in [-0.25, -0.2) is 13.2 Å². The predicted octanol–water partition coefficient (Wildman–Crippen LogP) is 4.13. The van der Waals surface area contributed by atoms with Gasteiger partial charge in [0, 0.05) is 18.1 Å². The third-order valence-electron chi connectivity index (χ3n) is 5.30. The van der Waals surface area contributed by atoms with Crippen LogP contribution in [-0.2, 0) is 31.4 Å². The van der Waals surface area contributed by atoms with E-state index in [1.807, 2.05) is 27.7 Å². The number of ketones is 1. The van der Waals surface area contributed by atoms with Crippen LogP contribution in [0.4, 0.5) is 0 Å². The van der Waals surface area contributed by atoms with Crippen molar-refractivity contribution in [3.8, 4) is 0 Å². The Hall–Kier alpha value is -2.45. The summed E-state index contributed by atoms with van der Waals surface area (Å²) in [5.41, 5.74) is 1.81. The van der Waals surface area contributed by atoms with E-state index < -0.39 is 32.9 Å². The molecule has 8 heteroatoms. The first-order valence-electron chi connectivity index (χ1n) is 10.5. The molecular formula is C24H32O7S. The average Bonchev–Trinajstić information content (AvgIpc) is 3.18. The molecule has 0 bridgehead atoms. The van der Waals surface area contributed by atoms with Crippen LogP contribution in [0.5, 0.6) is 0 Å². The van der Waals surface area contributed by atoms with Crippen LogP contribution in [0.3, 0.4) is 0 Å². The molecule has 0 fully saturated rings. The molecule has 0 radical (unpaired) electrons. The van der Waals surface area contributed by atoms with Gasteiger partial charge in [0.05, 0.1) is 24.5 Å². The van der Waals surface area contributed by atoms with Crippen molar-refractivity contribution in [2.24, 2.45) is 0 Å². The van der Waals surface area contributed by atoms with Gasteiger partial charge in [-0.15, -0.1) is 0 Å². The maximum absolute atomic E-state index is 12.9. The monoisotopic (exact) mass is 464 g/mol. The van der Waals surface area contributed by atoms with Crippen LogP contribution in [0.15, 0.2) is 34.0 Å². The lowest BCUT2D eigenvalue weighted by Crippen LogP contribution is -2.20. The van der Waals surface area contributed by atoms with Gasteiger partial charge < -0.3 is 14.3 Å². The number of methoxy groups -OCH3 is 1. The lowest BCUT2D eigenvalue weighted by atomic mass is 9.84. The molecule has 0 spiro atoms. The van der Waals surface area contributed by atoms with Gasteiger partial charge in [-0.05, 0) is 54.5 Å². The number of rotatable bonds is 9. The van der Waals surface area contributed by atoms with Crippen LogP contribution in [0.1, 0.15) is 86.0 Å². The van der Waals surface area contributed by atoms with Crippen LogP contribution in [0.2, 0.25) is 0 Å². The van der Waals surface area contributed by atoms with Crippen molar-refractivity contribution >= 4 is 21.6 Å². The van der Waals surface area contributed by atoms with Gasteiger partial charge in [-0.2, -0.15) is 0 Å². The number of hydrogen-bond acceptors (Lipinski definition) is 7. The van der Waals surface area contributed by atoms with Gasteiger partial charge in [0.15, 0.2) is 5.78 Å². The lowest BCUT2D eigenvalue weighted by molar-refractivity contribution is -0.116. The Bertz CT molecular complexity index is 1070. The minimum Gasteiger partial charge on any atom is -0.465 e. The van der Waals surface area contributed by atoms with E-state index in [-0.39, 0.29) is 23.3 Å². The topological polar surface area (TPSA) is 111 Å². The van der Waals surface area contributed by atoms with Crippen LogP contribution in [0, 0.1) is 0 Å². The number of sulfone groups is 1. The summed E-state index contributed by atoms with van der Waals surface area (Å²) in [6.07, 6.45) is 1.09. The summed E-state index contributed by atoms with van der Waals surface area (Å²) >= 11 is 0. The quantitative estimate of drug-likeness (QED) is 0.556. The molecule has 0 aliphatic carbocycles. The van der Waals surface area contributed by atoms with Gasteiger partial charge in [0.1, 0.15) is 5.75 Å². The molecular weight excluding hydrogens is 432 g/mol. The number of carbonyl (C=O) groups is 2. The first-order chi connectivity index (χ1) is 14.7. The fourth-order valence-corrected chi connectivity index (χ4v) is 4.69. The minimum atomic E-state index is -4.01. The Kier molecular flexibility index (Phi) is 7.73. The number of ether oxygens (including phenoxy) is 1. The van der Waals surface area contributed by atoms with Gasteiger partial charge in [0.2, 0.25) is 14.9 Å². The first kappa shape index (κ1) is 25.8. The summed E-state index contributed by atoms with van der Waals surface area (Å²) in [5, 5.41) is 9.68. The van der Waals surface area contributed by atoms with Gasteiger partial charge in [-0.3, -0.25) is 4.79 Å². The second-order valence-corrected chi connectivity index (χ2v) is 11.0. The normalized spacial score (nSPS) is 12.4. The predicted molar refractivity (Wildman–Crippen MR) is 121 cm³/mol. The third kappa shape index (κ3) is 5.86. The maximum atomic E-state index is 12.9.